The van der Waals surface area contributed by atoms with Crippen LogP contribution in [0.4, 0.5) is 11.5 Å². The molecule has 6 heteroatoms. The van der Waals surface area contributed by atoms with Crippen LogP contribution in [0.3, 0.4) is 0 Å². The lowest BCUT2D eigenvalue weighted by atomic mass is 10.2. The minimum absolute atomic E-state index is 0.449. The fourth-order valence-corrected chi connectivity index (χ4v) is 1.43. The summed E-state index contributed by atoms with van der Waals surface area (Å²) in [6.07, 6.45) is 1.70. The van der Waals surface area contributed by atoms with Gasteiger partial charge in [-0.25, -0.2) is 15.0 Å². The van der Waals surface area contributed by atoms with E-state index in [1.54, 1.807) is 13.1 Å². The number of fused-ring (bicyclic) bond motifs is 1. The molecule has 2 rings (SSSR count). The van der Waals surface area contributed by atoms with Gasteiger partial charge >= 0.3 is 0 Å². The molecule has 1 aromatic rings. The minimum Gasteiger partial charge on any atom is -0.382 e. The Morgan fingerprint density at radius 3 is 2.87 bits per heavy atom. The summed E-state index contributed by atoms with van der Waals surface area (Å²) in [5.74, 6) is 0.553. The van der Waals surface area contributed by atoms with Crippen LogP contribution in [0.2, 0.25) is 0 Å². The number of nitrogens with one attached hydrogen (secondary N) is 2. The Balaban J connectivity index is 2.50. The summed E-state index contributed by atoms with van der Waals surface area (Å²) in [7, 11) is 1.82. The van der Waals surface area contributed by atoms with E-state index in [1.165, 1.54) is 0 Å². The second-order valence-electron chi connectivity index (χ2n) is 3.62. The van der Waals surface area contributed by atoms with Crippen molar-refractivity contribution < 1.29 is 0 Å². The molecular formula is C9H14N6. The summed E-state index contributed by atoms with van der Waals surface area (Å²) < 4.78 is 0. The van der Waals surface area contributed by atoms with E-state index in [4.69, 9.17) is 5.73 Å². The van der Waals surface area contributed by atoms with Crippen molar-refractivity contribution in [1.29, 1.82) is 0 Å². The van der Waals surface area contributed by atoms with Gasteiger partial charge in [-0.15, -0.1) is 0 Å². The minimum atomic E-state index is -0.542. The second-order valence-corrected chi connectivity index (χ2v) is 3.62. The second kappa shape index (κ2) is 3.16. The third kappa shape index (κ3) is 1.63. The van der Waals surface area contributed by atoms with Crippen molar-refractivity contribution in [3.05, 3.63) is 11.5 Å². The highest BCUT2D eigenvalue weighted by Crippen LogP contribution is 2.26. The SMILES string of the molecule is CNC1(C)N=Cc2nc(C)nc(N)c2N1. The fraction of sp³-hybridized carbons (Fsp3) is 0.444. The standard InChI is InChI=1S/C9H14N6/c1-5-13-6-4-12-9(2,11-3)15-7(6)8(10)14-5/h4,11,15H,1-3H3,(H2,10,13,14). The van der Waals surface area contributed by atoms with Gasteiger partial charge in [-0.05, 0) is 20.9 Å². The first-order valence-electron chi connectivity index (χ1n) is 4.70. The lowest BCUT2D eigenvalue weighted by Gasteiger charge is -2.31. The number of nitrogens with two attached hydrogens (primary N) is 1. The zero-order valence-electron chi connectivity index (χ0n) is 9.00. The number of hydrogen-bond donors (Lipinski definition) is 3. The summed E-state index contributed by atoms with van der Waals surface area (Å²) in [6.45, 7) is 3.71. The maximum atomic E-state index is 5.81. The summed E-state index contributed by atoms with van der Waals surface area (Å²) >= 11 is 0. The molecule has 6 nitrogen and oxygen atoms in total. The monoisotopic (exact) mass is 206 g/mol. The molecule has 1 aliphatic heterocycles. The molecule has 0 aromatic carbocycles. The maximum Gasteiger partial charge on any atom is 0.181 e. The first-order valence-corrected chi connectivity index (χ1v) is 4.70. The predicted octanol–water partition coefficient (Wildman–Crippen LogP) is 0.105. The molecule has 0 fully saturated rings. The summed E-state index contributed by atoms with van der Waals surface area (Å²) in [4.78, 5) is 12.7. The average Bonchev–Trinajstić information content (AvgIpc) is 2.20. The number of anilines is 2. The van der Waals surface area contributed by atoms with Crippen molar-refractivity contribution in [3.8, 4) is 0 Å². The van der Waals surface area contributed by atoms with Crippen LogP contribution in [-0.4, -0.2) is 29.0 Å². The van der Waals surface area contributed by atoms with Gasteiger partial charge in [0.05, 0.1) is 6.21 Å². The third-order valence-corrected chi connectivity index (χ3v) is 2.38. The number of rotatable bonds is 1. The van der Waals surface area contributed by atoms with Crippen LogP contribution < -0.4 is 16.4 Å². The number of hydrogen-bond acceptors (Lipinski definition) is 6. The molecule has 80 valence electrons. The highest BCUT2D eigenvalue weighted by molar-refractivity contribution is 5.91. The molecule has 0 aliphatic carbocycles. The van der Waals surface area contributed by atoms with Gasteiger partial charge < -0.3 is 11.1 Å². The van der Waals surface area contributed by atoms with Crippen LogP contribution in [0.15, 0.2) is 4.99 Å². The van der Waals surface area contributed by atoms with E-state index in [9.17, 15) is 0 Å². The first-order chi connectivity index (χ1) is 7.04. The molecule has 1 unspecified atom stereocenters. The zero-order valence-corrected chi connectivity index (χ0v) is 9.00. The topological polar surface area (TPSA) is 88.2 Å². The number of nitrogen functional groups attached to an aromatic ring is 1. The van der Waals surface area contributed by atoms with Gasteiger partial charge in [-0.1, -0.05) is 0 Å². The van der Waals surface area contributed by atoms with E-state index in [2.05, 4.69) is 25.6 Å². The Bertz CT molecular complexity index is 427. The first kappa shape index (κ1) is 9.85. The number of aliphatic imine (C=N–C) groups is 1. The van der Waals surface area contributed by atoms with Crippen molar-refractivity contribution in [2.45, 2.75) is 19.6 Å². The number of aromatic nitrogens is 2. The van der Waals surface area contributed by atoms with E-state index in [0.29, 0.717) is 11.6 Å². The molecule has 1 atom stereocenters. The molecule has 0 spiro atoms. The van der Waals surface area contributed by atoms with Crippen molar-refractivity contribution in [2.75, 3.05) is 18.1 Å². The highest BCUT2D eigenvalue weighted by Gasteiger charge is 2.26. The van der Waals surface area contributed by atoms with E-state index >= 15 is 0 Å². The smallest absolute Gasteiger partial charge is 0.181 e. The van der Waals surface area contributed by atoms with E-state index in [0.717, 1.165) is 11.4 Å². The van der Waals surface area contributed by atoms with Gasteiger partial charge in [0.2, 0.25) is 0 Å². The number of nitrogens with zero attached hydrogens (tertiary/aromatic N) is 3. The summed E-state index contributed by atoms with van der Waals surface area (Å²) in [5.41, 5.74) is 7.27. The molecule has 2 heterocycles. The van der Waals surface area contributed by atoms with Crippen molar-refractivity contribution in [1.82, 2.24) is 15.3 Å². The van der Waals surface area contributed by atoms with E-state index < -0.39 is 5.79 Å². The third-order valence-electron chi connectivity index (χ3n) is 2.38. The molecular weight excluding hydrogens is 192 g/mol. The van der Waals surface area contributed by atoms with Gasteiger partial charge in [-0.2, -0.15) is 0 Å². The molecule has 0 radical (unpaired) electrons. The van der Waals surface area contributed by atoms with Crippen LogP contribution in [0.1, 0.15) is 18.4 Å². The predicted molar refractivity (Wildman–Crippen MR) is 59.9 cm³/mol. The van der Waals surface area contributed by atoms with Crippen molar-refractivity contribution >= 4 is 17.7 Å². The Labute approximate surface area is 88.0 Å². The molecule has 0 saturated heterocycles. The molecule has 0 saturated carbocycles. The lowest BCUT2D eigenvalue weighted by Crippen LogP contribution is -2.47. The van der Waals surface area contributed by atoms with Crippen LogP contribution in [0.5, 0.6) is 0 Å². The van der Waals surface area contributed by atoms with Gasteiger partial charge in [-0.3, -0.25) is 5.32 Å². The van der Waals surface area contributed by atoms with Gasteiger partial charge in [0.1, 0.15) is 17.2 Å². The largest absolute Gasteiger partial charge is 0.382 e. The molecule has 15 heavy (non-hydrogen) atoms. The van der Waals surface area contributed by atoms with E-state index in [1.807, 2.05) is 14.0 Å². The van der Waals surface area contributed by atoms with Gasteiger partial charge in [0.15, 0.2) is 11.6 Å². The van der Waals surface area contributed by atoms with Crippen molar-refractivity contribution in [2.24, 2.45) is 4.99 Å². The molecule has 0 bridgehead atoms. The summed E-state index contributed by atoms with van der Waals surface area (Å²) in [5, 5.41) is 6.20. The van der Waals surface area contributed by atoms with Crippen molar-refractivity contribution in [3.63, 3.8) is 0 Å². The van der Waals surface area contributed by atoms with Crippen LogP contribution in [0, 0.1) is 6.92 Å². The Morgan fingerprint density at radius 1 is 1.47 bits per heavy atom. The maximum absolute atomic E-state index is 5.81. The molecule has 0 amide bonds. The van der Waals surface area contributed by atoms with Gasteiger partial charge in [0, 0.05) is 0 Å². The van der Waals surface area contributed by atoms with Gasteiger partial charge in [0.25, 0.3) is 0 Å². The summed E-state index contributed by atoms with van der Waals surface area (Å²) in [6, 6.07) is 0. The molecule has 4 N–H and O–H groups in total. The lowest BCUT2D eigenvalue weighted by molar-refractivity contribution is 0.460. The Hall–Kier alpha value is -1.69. The van der Waals surface area contributed by atoms with Crippen LogP contribution in [-0.2, 0) is 0 Å². The fourth-order valence-electron chi connectivity index (χ4n) is 1.43. The Kier molecular flexibility index (Phi) is 2.08. The molecule has 1 aliphatic rings. The van der Waals surface area contributed by atoms with E-state index in [-0.39, 0.29) is 0 Å². The average molecular weight is 206 g/mol. The number of aryl methyl sites for hydroxylation is 1. The normalized spacial score (nSPS) is 23.4. The zero-order chi connectivity index (χ0) is 11.1. The Morgan fingerprint density at radius 2 is 2.20 bits per heavy atom. The van der Waals surface area contributed by atoms with Crippen LogP contribution >= 0.6 is 0 Å². The molecule has 1 aromatic heterocycles. The quantitative estimate of drug-likeness (QED) is 0.606. The highest BCUT2D eigenvalue weighted by atomic mass is 15.3. The van der Waals surface area contributed by atoms with Crippen LogP contribution in [0.25, 0.3) is 0 Å².